The highest BCUT2D eigenvalue weighted by Gasteiger charge is 2.27. The zero-order valence-corrected chi connectivity index (χ0v) is 21.7. The number of carbonyl (C=O) groups is 1. The minimum absolute atomic E-state index is 0.0185. The molecule has 1 fully saturated rings. The van der Waals surface area contributed by atoms with Gasteiger partial charge in [0.25, 0.3) is 0 Å². The Hall–Kier alpha value is -2.96. The number of piperidine rings is 1. The number of aryl methyl sites for hydroxylation is 1. The molecule has 1 N–H and O–H groups in total. The molecule has 0 unspecified atom stereocenters. The summed E-state index contributed by atoms with van der Waals surface area (Å²) >= 11 is 3.61. The molecule has 180 valence electrons. The number of rotatable bonds is 7. The Balaban J connectivity index is 1.27. The molecule has 1 aromatic heterocycles. The number of fused-ring (bicyclic) bond motifs is 1. The molecule has 0 aliphatic carbocycles. The minimum Gasteiger partial charge on any atom is -0.355 e. The van der Waals surface area contributed by atoms with Crippen molar-refractivity contribution in [3.05, 3.63) is 94.2 Å². The number of nitrogens with one attached hydrogen (secondary N) is 1. The number of aromatic nitrogens is 2. The average molecular weight is 531 g/mol. The Morgan fingerprint density at radius 1 is 1.09 bits per heavy atom. The van der Waals surface area contributed by atoms with Gasteiger partial charge < -0.3 is 5.32 Å². The SMILES string of the molecule is Cc1cccc(CCNC(=O)[C@@H]2CCCN(Cc3nc4ccccc4n3-c3cccc(Br)c3)C2)c1. The number of likely N-dealkylation sites (tertiary alicyclic amines) is 1. The van der Waals surface area contributed by atoms with Gasteiger partial charge >= 0.3 is 0 Å². The van der Waals surface area contributed by atoms with Crippen LogP contribution in [0.4, 0.5) is 0 Å². The van der Waals surface area contributed by atoms with Gasteiger partial charge in [0.05, 0.1) is 23.5 Å². The third-order valence-electron chi connectivity index (χ3n) is 6.73. The maximum Gasteiger partial charge on any atom is 0.224 e. The molecule has 0 saturated carbocycles. The molecule has 4 aromatic rings. The van der Waals surface area contributed by atoms with Crippen molar-refractivity contribution in [2.24, 2.45) is 5.92 Å². The lowest BCUT2D eigenvalue weighted by atomic mass is 9.97. The predicted molar refractivity (Wildman–Crippen MR) is 145 cm³/mol. The van der Waals surface area contributed by atoms with Crippen molar-refractivity contribution in [3.8, 4) is 5.69 Å². The van der Waals surface area contributed by atoms with Crippen LogP contribution in [0.5, 0.6) is 0 Å². The molecule has 1 saturated heterocycles. The number of halogens is 1. The minimum atomic E-state index is 0.0185. The highest BCUT2D eigenvalue weighted by atomic mass is 79.9. The van der Waals surface area contributed by atoms with Crippen molar-refractivity contribution in [3.63, 3.8) is 0 Å². The van der Waals surface area contributed by atoms with E-state index in [1.54, 1.807) is 0 Å². The Labute approximate surface area is 215 Å². The molecule has 6 heteroatoms. The molecule has 3 aromatic carbocycles. The van der Waals surface area contributed by atoms with Crippen molar-refractivity contribution in [2.45, 2.75) is 32.7 Å². The van der Waals surface area contributed by atoms with Crippen LogP contribution < -0.4 is 5.32 Å². The average Bonchev–Trinajstić information content (AvgIpc) is 3.22. The van der Waals surface area contributed by atoms with Gasteiger partial charge in [0.1, 0.15) is 5.82 Å². The van der Waals surface area contributed by atoms with Crippen molar-refractivity contribution in [1.82, 2.24) is 19.8 Å². The van der Waals surface area contributed by atoms with Crippen molar-refractivity contribution in [2.75, 3.05) is 19.6 Å². The van der Waals surface area contributed by atoms with Crippen molar-refractivity contribution in [1.29, 1.82) is 0 Å². The van der Waals surface area contributed by atoms with E-state index in [1.807, 2.05) is 12.1 Å². The van der Waals surface area contributed by atoms with E-state index in [0.717, 1.165) is 59.4 Å². The molecule has 0 radical (unpaired) electrons. The molecule has 35 heavy (non-hydrogen) atoms. The third kappa shape index (κ3) is 5.65. The Bertz CT molecular complexity index is 1330. The van der Waals surface area contributed by atoms with E-state index < -0.39 is 0 Å². The number of benzene rings is 3. The van der Waals surface area contributed by atoms with Crippen molar-refractivity contribution < 1.29 is 4.79 Å². The van der Waals surface area contributed by atoms with E-state index >= 15 is 0 Å². The number of amides is 1. The molecule has 1 aliphatic heterocycles. The largest absolute Gasteiger partial charge is 0.355 e. The third-order valence-corrected chi connectivity index (χ3v) is 7.23. The van der Waals surface area contributed by atoms with Gasteiger partial charge in [0, 0.05) is 23.2 Å². The molecular weight excluding hydrogens is 500 g/mol. The van der Waals surface area contributed by atoms with Gasteiger partial charge in [-0.1, -0.05) is 64.0 Å². The second-order valence-electron chi connectivity index (χ2n) is 9.44. The monoisotopic (exact) mass is 530 g/mol. The summed E-state index contributed by atoms with van der Waals surface area (Å²) in [5.41, 5.74) is 5.70. The summed E-state index contributed by atoms with van der Waals surface area (Å²) < 4.78 is 3.28. The van der Waals surface area contributed by atoms with E-state index in [-0.39, 0.29) is 11.8 Å². The first kappa shape index (κ1) is 23.8. The summed E-state index contributed by atoms with van der Waals surface area (Å²) in [6, 6.07) is 25.1. The summed E-state index contributed by atoms with van der Waals surface area (Å²) in [6.07, 6.45) is 2.82. The van der Waals surface area contributed by atoms with Gasteiger partial charge in [-0.2, -0.15) is 0 Å². The number of nitrogens with zero attached hydrogens (tertiary/aromatic N) is 3. The van der Waals surface area contributed by atoms with Crippen LogP contribution in [0, 0.1) is 12.8 Å². The van der Waals surface area contributed by atoms with E-state index in [1.165, 1.54) is 11.1 Å². The lowest BCUT2D eigenvalue weighted by molar-refractivity contribution is -0.126. The van der Waals surface area contributed by atoms with Crippen LogP contribution in [0.3, 0.4) is 0 Å². The van der Waals surface area contributed by atoms with E-state index in [9.17, 15) is 4.79 Å². The zero-order valence-electron chi connectivity index (χ0n) is 20.1. The van der Waals surface area contributed by atoms with Gasteiger partial charge in [-0.25, -0.2) is 4.98 Å². The quantitative estimate of drug-likeness (QED) is 0.335. The summed E-state index contributed by atoms with van der Waals surface area (Å²) in [6.45, 7) is 5.24. The molecule has 0 bridgehead atoms. The maximum atomic E-state index is 13.0. The number of para-hydroxylation sites is 2. The number of hydrogen-bond acceptors (Lipinski definition) is 3. The fourth-order valence-electron chi connectivity index (χ4n) is 5.04. The van der Waals surface area contributed by atoms with Crippen LogP contribution >= 0.6 is 15.9 Å². The van der Waals surface area contributed by atoms with Gasteiger partial charge in [0.2, 0.25) is 5.91 Å². The molecule has 5 nitrogen and oxygen atoms in total. The number of carbonyl (C=O) groups excluding carboxylic acids is 1. The predicted octanol–water partition coefficient (Wildman–Crippen LogP) is 5.67. The molecular formula is C29H31BrN4O. The van der Waals surface area contributed by atoms with Gasteiger partial charge in [0.15, 0.2) is 0 Å². The summed E-state index contributed by atoms with van der Waals surface area (Å²) in [4.78, 5) is 20.3. The maximum absolute atomic E-state index is 13.0. The molecule has 1 aliphatic rings. The van der Waals surface area contributed by atoms with Gasteiger partial charge in [-0.3, -0.25) is 14.3 Å². The smallest absolute Gasteiger partial charge is 0.224 e. The van der Waals surface area contributed by atoms with Gasteiger partial charge in [-0.05, 0) is 68.6 Å². The molecule has 5 rings (SSSR count). The van der Waals surface area contributed by atoms with E-state index in [0.29, 0.717) is 13.1 Å². The normalized spacial score (nSPS) is 16.5. The molecule has 1 atom stereocenters. The van der Waals surface area contributed by atoms with E-state index in [2.05, 4.69) is 98.3 Å². The first-order chi connectivity index (χ1) is 17.1. The number of hydrogen-bond donors (Lipinski definition) is 1. The zero-order chi connectivity index (χ0) is 24.2. The van der Waals surface area contributed by atoms with Crippen LogP contribution in [-0.2, 0) is 17.8 Å². The standard InChI is InChI=1S/C29H31BrN4O/c1-21-7-4-8-22(17-21)14-15-31-29(35)23-9-6-16-33(19-23)20-28-32-26-12-2-3-13-27(26)34(28)25-11-5-10-24(30)18-25/h2-5,7-8,10-13,17-18,23H,6,9,14-16,19-20H2,1H3,(H,31,35)/t23-/m1/s1. The summed E-state index contributed by atoms with van der Waals surface area (Å²) in [5, 5.41) is 3.18. The van der Waals surface area contributed by atoms with Crippen LogP contribution in [0.2, 0.25) is 0 Å². The Morgan fingerprint density at radius 3 is 2.80 bits per heavy atom. The van der Waals surface area contributed by atoms with Gasteiger partial charge in [-0.15, -0.1) is 0 Å². The molecule has 1 amide bonds. The highest BCUT2D eigenvalue weighted by Crippen LogP contribution is 2.26. The number of imidazole rings is 1. The fourth-order valence-corrected chi connectivity index (χ4v) is 5.43. The first-order valence-corrected chi connectivity index (χ1v) is 13.1. The second kappa shape index (κ2) is 10.8. The van der Waals surface area contributed by atoms with Crippen LogP contribution in [0.25, 0.3) is 16.7 Å². The van der Waals surface area contributed by atoms with Crippen molar-refractivity contribution >= 4 is 32.9 Å². The highest BCUT2D eigenvalue weighted by molar-refractivity contribution is 9.10. The molecule has 2 heterocycles. The second-order valence-corrected chi connectivity index (χ2v) is 10.4. The van der Waals surface area contributed by atoms with Crippen LogP contribution in [0.1, 0.15) is 29.8 Å². The lowest BCUT2D eigenvalue weighted by Crippen LogP contribution is -2.43. The summed E-state index contributed by atoms with van der Waals surface area (Å²) in [5.74, 6) is 1.19. The Morgan fingerprint density at radius 2 is 1.94 bits per heavy atom. The Kier molecular flexibility index (Phi) is 7.30. The fraction of sp³-hybridized carbons (Fsp3) is 0.310. The van der Waals surface area contributed by atoms with Crippen LogP contribution in [-0.4, -0.2) is 40.0 Å². The summed E-state index contributed by atoms with van der Waals surface area (Å²) in [7, 11) is 0. The first-order valence-electron chi connectivity index (χ1n) is 12.3. The van der Waals surface area contributed by atoms with E-state index in [4.69, 9.17) is 4.98 Å². The topological polar surface area (TPSA) is 50.2 Å². The van der Waals surface area contributed by atoms with Crippen LogP contribution in [0.15, 0.2) is 77.3 Å². The molecule has 0 spiro atoms. The lowest BCUT2D eigenvalue weighted by Gasteiger charge is -2.31.